The molecule has 162 valence electrons. The summed E-state index contributed by atoms with van der Waals surface area (Å²) in [4.78, 5) is 27.2. The minimum atomic E-state index is -0.212. The number of nitrogens with two attached hydrogens (primary N) is 1. The fourth-order valence-electron chi connectivity index (χ4n) is 4.15. The van der Waals surface area contributed by atoms with E-state index in [9.17, 15) is 4.79 Å². The van der Waals surface area contributed by atoms with Crippen molar-refractivity contribution in [3.8, 4) is 5.69 Å². The number of nitrogens with one attached hydrogen (secondary N) is 1. The van der Waals surface area contributed by atoms with Gasteiger partial charge in [-0.25, -0.2) is 19.6 Å². The summed E-state index contributed by atoms with van der Waals surface area (Å²) in [5.41, 5.74) is 8.23. The van der Waals surface area contributed by atoms with Crippen LogP contribution in [-0.4, -0.2) is 43.7 Å². The lowest BCUT2D eigenvalue weighted by Gasteiger charge is -2.32. The number of hydrogen-bond acceptors (Lipinski definition) is 7. The van der Waals surface area contributed by atoms with Crippen LogP contribution in [0.25, 0.3) is 16.7 Å². The molecule has 5 rings (SSSR count). The molecule has 0 saturated carbocycles. The molecule has 0 bridgehead atoms. The summed E-state index contributed by atoms with van der Waals surface area (Å²) in [6, 6.07) is 13.9. The summed E-state index contributed by atoms with van der Waals surface area (Å²) in [7, 11) is 0. The first-order valence-corrected chi connectivity index (χ1v) is 10.7. The van der Waals surface area contributed by atoms with Gasteiger partial charge in [0.05, 0.1) is 17.3 Å². The van der Waals surface area contributed by atoms with Crippen molar-refractivity contribution in [2.75, 3.05) is 23.3 Å². The van der Waals surface area contributed by atoms with E-state index in [4.69, 9.17) is 5.73 Å². The molecule has 1 aromatic carbocycles. The van der Waals surface area contributed by atoms with Gasteiger partial charge in [-0.1, -0.05) is 24.3 Å². The van der Waals surface area contributed by atoms with Gasteiger partial charge in [0, 0.05) is 37.3 Å². The van der Waals surface area contributed by atoms with Crippen molar-refractivity contribution in [1.82, 2.24) is 24.7 Å². The predicted molar refractivity (Wildman–Crippen MR) is 122 cm³/mol. The van der Waals surface area contributed by atoms with Gasteiger partial charge >= 0.3 is 0 Å². The number of hydrogen-bond donors (Lipinski definition) is 2. The fraction of sp³-hybridized carbons (Fsp3) is 0.261. The zero-order valence-electron chi connectivity index (χ0n) is 17.6. The number of carbonyl (C=O) groups excluding carboxylic acids is 1. The zero-order chi connectivity index (χ0) is 21.9. The molecule has 0 aliphatic carbocycles. The molecule has 9 nitrogen and oxygen atoms in total. The SMILES string of the molecule is NC(=O)C1CCN(c2ncccc2CNc2ncnc3c2cnn3-c2ccccc2)CC1. The minimum Gasteiger partial charge on any atom is -0.369 e. The lowest BCUT2D eigenvalue weighted by molar-refractivity contribution is -0.122. The van der Waals surface area contributed by atoms with Crippen LogP contribution in [-0.2, 0) is 11.3 Å². The van der Waals surface area contributed by atoms with E-state index in [0.29, 0.717) is 6.54 Å². The number of carbonyl (C=O) groups is 1. The van der Waals surface area contributed by atoms with Crippen LogP contribution < -0.4 is 16.0 Å². The van der Waals surface area contributed by atoms with E-state index in [1.165, 1.54) is 0 Å². The number of aromatic nitrogens is 5. The molecule has 1 saturated heterocycles. The van der Waals surface area contributed by atoms with Gasteiger partial charge in [0.15, 0.2) is 5.65 Å². The van der Waals surface area contributed by atoms with Crippen molar-refractivity contribution < 1.29 is 4.79 Å². The summed E-state index contributed by atoms with van der Waals surface area (Å²) in [5, 5.41) is 8.79. The van der Waals surface area contributed by atoms with Crippen molar-refractivity contribution in [3.05, 3.63) is 66.7 Å². The molecule has 3 N–H and O–H groups in total. The Bertz CT molecular complexity index is 1230. The quantitative estimate of drug-likeness (QED) is 0.485. The molecule has 0 spiro atoms. The van der Waals surface area contributed by atoms with Gasteiger partial charge in [0.1, 0.15) is 18.0 Å². The van der Waals surface area contributed by atoms with Crippen molar-refractivity contribution in [3.63, 3.8) is 0 Å². The van der Waals surface area contributed by atoms with Crippen molar-refractivity contribution in [1.29, 1.82) is 0 Å². The van der Waals surface area contributed by atoms with Gasteiger partial charge in [-0.3, -0.25) is 4.79 Å². The van der Waals surface area contributed by atoms with Gasteiger partial charge in [-0.05, 0) is 31.0 Å². The second-order valence-corrected chi connectivity index (χ2v) is 7.85. The number of para-hydroxylation sites is 1. The highest BCUT2D eigenvalue weighted by molar-refractivity contribution is 5.87. The zero-order valence-corrected chi connectivity index (χ0v) is 17.6. The number of benzene rings is 1. The van der Waals surface area contributed by atoms with E-state index in [0.717, 1.165) is 59.9 Å². The van der Waals surface area contributed by atoms with Crippen LogP contribution in [0.3, 0.4) is 0 Å². The lowest BCUT2D eigenvalue weighted by Crippen LogP contribution is -2.39. The number of anilines is 2. The maximum Gasteiger partial charge on any atom is 0.220 e. The van der Waals surface area contributed by atoms with Gasteiger partial charge < -0.3 is 16.0 Å². The number of rotatable bonds is 6. The maximum atomic E-state index is 11.5. The topological polar surface area (TPSA) is 115 Å². The Hall–Kier alpha value is -4.01. The maximum absolute atomic E-state index is 11.5. The Balaban J connectivity index is 1.36. The van der Waals surface area contributed by atoms with E-state index < -0.39 is 0 Å². The number of pyridine rings is 1. The first-order chi connectivity index (χ1) is 15.7. The summed E-state index contributed by atoms with van der Waals surface area (Å²) >= 11 is 0. The standard InChI is InChI=1S/C23H24N8O/c24-20(32)16-8-11-30(12-9-16)22-17(5-4-10-25-22)13-26-21-19-14-29-31(23(19)28-15-27-21)18-6-2-1-3-7-18/h1-7,10,14-16H,8-9,11-13H2,(H2,24,32)(H,26,27,28). The summed E-state index contributed by atoms with van der Waals surface area (Å²) in [6.07, 6.45) is 6.63. The van der Waals surface area contributed by atoms with Crippen LogP contribution in [0.15, 0.2) is 61.2 Å². The first-order valence-electron chi connectivity index (χ1n) is 10.7. The first kappa shape index (κ1) is 19.9. The van der Waals surface area contributed by atoms with Crippen LogP contribution in [0.5, 0.6) is 0 Å². The number of piperidine rings is 1. The van der Waals surface area contributed by atoms with E-state index in [1.54, 1.807) is 23.4 Å². The Morgan fingerprint density at radius 1 is 1.06 bits per heavy atom. The van der Waals surface area contributed by atoms with Crippen molar-refractivity contribution in [2.24, 2.45) is 11.7 Å². The van der Waals surface area contributed by atoms with Gasteiger partial charge in [0.25, 0.3) is 0 Å². The molecular formula is C23H24N8O. The molecule has 0 atom stereocenters. The highest BCUT2D eigenvalue weighted by Gasteiger charge is 2.25. The number of nitrogens with zero attached hydrogens (tertiary/aromatic N) is 6. The molecule has 4 aromatic rings. The molecule has 0 radical (unpaired) electrons. The largest absolute Gasteiger partial charge is 0.369 e. The summed E-state index contributed by atoms with van der Waals surface area (Å²) in [5.74, 6) is 1.39. The minimum absolute atomic E-state index is 0.0491. The van der Waals surface area contributed by atoms with E-state index in [2.05, 4.69) is 36.3 Å². The molecule has 1 amide bonds. The summed E-state index contributed by atoms with van der Waals surface area (Å²) < 4.78 is 1.81. The third-order valence-corrected chi connectivity index (χ3v) is 5.88. The third kappa shape index (κ3) is 3.84. The monoisotopic (exact) mass is 428 g/mol. The molecule has 1 aliphatic heterocycles. The molecule has 4 heterocycles. The van der Waals surface area contributed by atoms with Crippen LogP contribution >= 0.6 is 0 Å². The number of amides is 1. The normalized spacial score (nSPS) is 14.6. The van der Waals surface area contributed by atoms with E-state index in [-0.39, 0.29) is 11.8 Å². The van der Waals surface area contributed by atoms with Crippen LogP contribution in [0, 0.1) is 5.92 Å². The Labute approximate surface area is 185 Å². The van der Waals surface area contributed by atoms with E-state index in [1.807, 2.05) is 36.4 Å². The average Bonchev–Trinajstić information content (AvgIpc) is 3.28. The molecule has 1 fully saturated rings. The van der Waals surface area contributed by atoms with Crippen molar-refractivity contribution in [2.45, 2.75) is 19.4 Å². The molecule has 32 heavy (non-hydrogen) atoms. The van der Waals surface area contributed by atoms with Gasteiger partial charge in [0.2, 0.25) is 5.91 Å². The Kier molecular flexibility index (Phi) is 5.37. The highest BCUT2D eigenvalue weighted by Crippen LogP contribution is 2.26. The van der Waals surface area contributed by atoms with Crippen molar-refractivity contribution >= 4 is 28.6 Å². The fourth-order valence-corrected chi connectivity index (χ4v) is 4.15. The van der Waals surface area contributed by atoms with Crippen LogP contribution in [0.1, 0.15) is 18.4 Å². The number of fused-ring (bicyclic) bond motifs is 1. The smallest absolute Gasteiger partial charge is 0.220 e. The third-order valence-electron chi connectivity index (χ3n) is 5.88. The second kappa shape index (κ2) is 8.62. The van der Waals surface area contributed by atoms with Gasteiger partial charge in [-0.15, -0.1) is 0 Å². The van der Waals surface area contributed by atoms with Crippen LogP contribution in [0.2, 0.25) is 0 Å². The van der Waals surface area contributed by atoms with E-state index >= 15 is 0 Å². The van der Waals surface area contributed by atoms with Crippen LogP contribution in [0.4, 0.5) is 11.6 Å². The average molecular weight is 429 g/mol. The number of primary amides is 1. The highest BCUT2D eigenvalue weighted by atomic mass is 16.1. The molecule has 3 aromatic heterocycles. The molecule has 0 unspecified atom stereocenters. The predicted octanol–water partition coefficient (Wildman–Crippen LogP) is 2.52. The Morgan fingerprint density at radius 3 is 2.66 bits per heavy atom. The lowest BCUT2D eigenvalue weighted by atomic mass is 9.96. The Morgan fingerprint density at radius 2 is 1.88 bits per heavy atom. The molecule has 9 heteroatoms. The summed E-state index contributed by atoms with van der Waals surface area (Å²) in [6.45, 7) is 2.08. The molecule has 1 aliphatic rings. The van der Waals surface area contributed by atoms with Gasteiger partial charge in [-0.2, -0.15) is 5.10 Å². The second-order valence-electron chi connectivity index (χ2n) is 7.85. The molecular weight excluding hydrogens is 404 g/mol.